The van der Waals surface area contributed by atoms with Gasteiger partial charge in [-0.15, -0.1) is 0 Å². The summed E-state index contributed by atoms with van der Waals surface area (Å²) in [5, 5.41) is 12.5. The van der Waals surface area contributed by atoms with Crippen molar-refractivity contribution in [2.45, 2.75) is 11.7 Å². The number of carbonyl (C=O) groups is 2. The van der Waals surface area contributed by atoms with E-state index in [1.807, 2.05) is 36.4 Å². The highest BCUT2D eigenvalue weighted by molar-refractivity contribution is 8.05. The number of hydrogen-bond donors (Lipinski definition) is 1. The summed E-state index contributed by atoms with van der Waals surface area (Å²) in [6, 6.07) is 18.3. The summed E-state index contributed by atoms with van der Waals surface area (Å²) in [4.78, 5) is 26.7. The van der Waals surface area contributed by atoms with Crippen LogP contribution >= 0.6 is 23.4 Å². The van der Waals surface area contributed by atoms with E-state index in [2.05, 4.69) is 5.32 Å². The molecule has 27 heavy (non-hydrogen) atoms. The molecule has 3 rings (SSSR count). The van der Waals surface area contributed by atoms with Gasteiger partial charge < -0.3 is 5.32 Å². The molecule has 0 bridgehead atoms. The molecule has 1 unspecified atom stereocenters. The van der Waals surface area contributed by atoms with Gasteiger partial charge in [0.1, 0.15) is 16.7 Å². The molecule has 5 nitrogen and oxygen atoms in total. The first kappa shape index (κ1) is 19.0. The van der Waals surface area contributed by atoms with E-state index in [1.165, 1.54) is 23.7 Å². The monoisotopic (exact) mass is 397 g/mol. The number of para-hydroxylation sites is 1. The Morgan fingerprint density at radius 3 is 2.48 bits per heavy atom. The molecule has 1 atom stereocenters. The Morgan fingerprint density at radius 2 is 1.89 bits per heavy atom. The van der Waals surface area contributed by atoms with Crippen LogP contribution in [0.25, 0.3) is 0 Å². The Labute approximate surface area is 166 Å². The molecule has 0 aliphatic carbocycles. The first-order chi connectivity index (χ1) is 13.0. The van der Waals surface area contributed by atoms with Gasteiger partial charge in [0.05, 0.1) is 5.25 Å². The molecule has 0 aromatic heterocycles. The summed E-state index contributed by atoms with van der Waals surface area (Å²) >= 11 is 7.16. The fourth-order valence-corrected chi connectivity index (χ4v) is 4.19. The van der Waals surface area contributed by atoms with E-state index in [4.69, 9.17) is 11.6 Å². The van der Waals surface area contributed by atoms with Crippen LogP contribution in [0.15, 0.2) is 65.2 Å². The first-order valence-corrected chi connectivity index (χ1v) is 9.47. The number of hydrogen-bond acceptors (Lipinski definition) is 4. The third-order valence-corrected chi connectivity index (χ3v) is 5.60. The van der Waals surface area contributed by atoms with E-state index in [9.17, 15) is 14.9 Å². The Balaban J connectivity index is 2.02. The molecular weight excluding hydrogens is 382 g/mol. The van der Waals surface area contributed by atoms with Gasteiger partial charge in [-0.05, 0) is 36.2 Å². The Morgan fingerprint density at radius 1 is 1.22 bits per heavy atom. The number of halogens is 1. The molecule has 1 aliphatic heterocycles. The lowest BCUT2D eigenvalue weighted by Crippen LogP contribution is -2.31. The highest BCUT2D eigenvalue weighted by Crippen LogP contribution is 2.41. The van der Waals surface area contributed by atoms with Gasteiger partial charge in [-0.2, -0.15) is 5.26 Å². The summed E-state index contributed by atoms with van der Waals surface area (Å²) in [5.74, 6) is -0.673. The molecular formula is C20H16ClN3O2S. The molecule has 1 fully saturated rings. The number of nitrogens with one attached hydrogen (secondary N) is 1. The fourth-order valence-electron chi connectivity index (χ4n) is 2.76. The number of nitriles is 1. The van der Waals surface area contributed by atoms with Gasteiger partial charge in [-0.3, -0.25) is 14.5 Å². The topological polar surface area (TPSA) is 73.2 Å². The minimum atomic E-state index is -0.513. The summed E-state index contributed by atoms with van der Waals surface area (Å²) in [7, 11) is 1.46. The third-order valence-electron chi connectivity index (χ3n) is 4.08. The van der Waals surface area contributed by atoms with Crippen molar-refractivity contribution in [3.63, 3.8) is 0 Å². The summed E-state index contributed by atoms with van der Waals surface area (Å²) in [5.41, 5.74) is 1.51. The third kappa shape index (κ3) is 4.00. The average molecular weight is 398 g/mol. The van der Waals surface area contributed by atoms with Gasteiger partial charge in [-0.25, -0.2) is 0 Å². The Bertz CT molecular complexity index is 936. The number of nitrogens with zero attached hydrogens (tertiary/aromatic N) is 2. The maximum atomic E-state index is 13.1. The van der Waals surface area contributed by atoms with Gasteiger partial charge in [-0.1, -0.05) is 53.7 Å². The van der Waals surface area contributed by atoms with E-state index in [1.54, 1.807) is 24.3 Å². The minimum absolute atomic E-state index is 0.0710. The number of benzene rings is 2. The van der Waals surface area contributed by atoms with Crippen LogP contribution < -0.4 is 10.2 Å². The quantitative estimate of drug-likeness (QED) is 0.632. The lowest BCUT2D eigenvalue weighted by molar-refractivity contribution is -0.117. The van der Waals surface area contributed by atoms with Gasteiger partial charge in [0, 0.05) is 17.8 Å². The zero-order valence-corrected chi connectivity index (χ0v) is 16.1. The molecule has 2 amide bonds. The number of thioether (sulfide) groups is 1. The molecule has 1 heterocycles. The van der Waals surface area contributed by atoms with E-state index < -0.39 is 11.2 Å². The molecule has 2 aromatic carbocycles. The lowest BCUT2D eigenvalue weighted by Gasteiger charge is -2.18. The normalized spacial score (nSPS) is 18.2. The summed E-state index contributed by atoms with van der Waals surface area (Å²) in [6.45, 7) is 0. The van der Waals surface area contributed by atoms with Crippen LogP contribution in [0.1, 0.15) is 5.56 Å². The van der Waals surface area contributed by atoms with Gasteiger partial charge in [0.2, 0.25) is 5.91 Å². The van der Waals surface area contributed by atoms with Crippen molar-refractivity contribution in [1.29, 1.82) is 5.26 Å². The van der Waals surface area contributed by atoms with Crippen LogP contribution in [-0.2, 0) is 16.0 Å². The van der Waals surface area contributed by atoms with Gasteiger partial charge in [0.15, 0.2) is 0 Å². The minimum Gasteiger partial charge on any atom is -0.354 e. The zero-order chi connectivity index (χ0) is 19.4. The predicted octanol–water partition coefficient (Wildman–Crippen LogP) is 3.51. The molecule has 7 heteroatoms. The second kappa shape index (κ2) is 8.30. The van der Waals surface area contributed by atoms with Crippen molar-refractivity contribution in [1.82, 2.24) is 5.32 Å². The van der Waals surface area contributed by atoms with Crippen LogP contribution in [0, 0.1) is 11.3 Å². The van der Waals surface area contributed by atoms with Crippen molar-refractivity contribution >= 4 is 40.9 Å². The molecule has 0 radical (unpaired) electrons. The first-order valence-electron chi connectivity index (χ1n) is 8.21. The smallest absolute Gasteiger partial charge is 0.264 e. The molecule has 136 valence electrons. The number of amides is 2. The van der Waals surface area contributed by atoms with E-state index >= 15 is 0 Å². The Kier molecular flexibility index (Phi) is 5.84. The standard InChI is InChI=1S/C20H16ClN3O2S/c1-23-18(25)16(12-22)20-24(15-5-3-2-4-6-15)19(26)17(27-20)11-13-7-9-14(21)10-8-13/h2-10,17H,11H2,1H3,(H,23,25). The molecule has 0 spiro atoms. The lowest BCUT2D eigenvalue weighted by atomic mass is 10.1. The van der Waals surface area contributed by atoms with Crippen LogP contribution in [0.2, 0.25) is 5.02 Å². The van der Waals surface area contributed by atoms with Crippen LogP contribution in [0.5, 0.6) is 0 Å². The zero-order valence-electron chi connectivity index (χ0n) is 14.5. The summed E-state index contributed by atoms with van der Waals surface area (Å²) in [6.07, 6.45) is 0.472. The van der Waals surface area contributed by atoms with Crippen LogP contribution in [-0.4, -0.2) is 24.1 Å². The molecule has 1 saturated heterocycles. The maximum absolute atomic E-state index is 13.1. The molecule has 0 saturated carbocycles. The second-order valence-electron chi connectivity index (χ2n) is 5.82. The number of likely N-dealkylation sites (N-methyl/N-ethyl adjacent to an activating group) is 1. The van der Waals surface area contributed by atoms with Crippen molar-refractivity contribution in [2.24, 2.45) is 0 Å². The second-order valence-corrected chi connectivity index (χ2v) is 7.45. The Hall–Kier alpha value is -2.75. The highest BCUT2D eigenvalue weighted by atomic mass is 35.5. The van der Waals surface area contributed by atoms with Crippen molar-refractivity contribution in [3.05, 3.63) is 75.8 Å². The van der Waals surface area contributed by atoms with E-state index in [0.29, 0.717) is 22.2 Å². The van der Waals surface area contributed by atoms with Gasteiger partial charge >= 0.3 is 0 Å². The van der Waals surface area contributed by atoms with E-state index in [-0.39, 0.29) is 11.5 Å². The van der Waals surface area contributed by atoms with E-state index in [0.717, 1.165) is 5.56 Å². The predicted molar refractivity (Wildman–Crippen MR) is 107 cm³/mol. The highest BCUT2D eigenvalue weighted by Gasteiger charge is 2.40. The number of anilines is 1. The molecule has 1 N–H and O–H groups in total. The fraction of sp³-hybridized carbons (Fsp3) is 0.150. The average Bonchev–Trinajstić information content (AvgIpc) is 3.00. The van der Waals surface area contributed by atoms with Crippen LogP contribution in [0.4, 0.5) is 5.69 Å². The van der Waals surface area contributed by atoms with Crippen molar-refractivity contribution < 1.29 is 9.59 Å². The number of rotatable bonds is 4. The van der Waals surface area contributed by atoms with Gasteiger partial charge in [0.25, 0.3) is 5.91 Å². The molecule has 1 aliphatic rings. The van der Waals surface area contributed by atoms with Crippen LogP contribution in [0.3, 0.4) is 0 Å². The summed E-state index contributed by atoms with van der Waals surface area (Å²) < 4.78 is 0. The largest absolute Gasteiger partial charge is 0.354 e. The van der Waals surface area contributed by atoms with Crippen molar-refractivity contribution in [2.75, 3.05) is 11.9 Å². The SMILES string of the molecule is CNC(=O)C(C#N)=C1SC(Cc2ccc(Cl)cc2)C(=O)N1c1ccccc1. The van der Waals surface area contributed by atoms with Crippen molar-refractivity contribution in [3.8, 4) is 6.07 Å². The maximum Gasteiger partial charge on any atom is 0.264 e. The number of carbonyl (C=O) groups excluding carboxylic acids is 2. The molecule has 2 aromatic rings.